The zero-order valence-corrected chi connectivity index (χ0v) is 11.8. The van der Waals surface area contributed by atoms with Gasteiger partial charge in [0.1, 0.15) is 5.92 Å². The normalized spacial score (nSPS) is 13.6. The highest BCUT2D eigenvalue weighted by Crippen LogP contribution is 2.38. The smallest absolute Gasteiger partial charge is 0.416 e. The quantitative estimate of drug-likeness (QED) is 0.798. The number of carboxylic acids is 1. The molecule has 2 aromatic carbocycles. The molecule has 0 unspecified atom stereocenters. The Labute approximate surface area is 132 Å². The Morgan fingerprint density at radius 3 is 1.62 bits per heavy atom. The molecule has 0 aromatic heterocycles. The maximum Gasteiger partial charge on any atom is 0.416 e. The van der Waals surface area contributed by atoms with Crippen molar-refractivity contribution in [1.82, 2.24) is 0 Å². The Hall–Kier alpha value is -2.51. The maximum atomic E-state index is 12.9. The molecule has 2 aromatic rings. The molecule has 0 radical (unpaired) electrons. The number of halogens is 6. The van der Waals surface area contributed by atoms with E-state index in [0.29, 0.717) is 12.1 Å². The van der Waals surface area contributed by atoms with E-state index in [1.165, 1.54) is 24.3 Å². The summed E-state index contributed by atoms with van der Waals surface area (Å²) in [5.41, 5.74) is -3.60. The molecule has 0 saturated heterocycles. The third-order valence-electron chi connectivity index (χ3n) is 3.32. The van der Waals surface area contributed by atoms with Gasteiger partial charge in [-0.05, 0) is 29.3 Å². The summed E-state index contributed by atoms with van der Waals surface area (Å²) in [6, 6.07) is 7.93. The molecule has 1 N–H and O–H groups in total. The largest absolute Gasteiger partial charge is 0.481 e. The molecule has 0 heterocycles. The van der Waals surface area contributed by atoms with Gasteiger partial charge in [-0.2, -0.15) is 26.3 Å². The molecule has 0 aliphatic heterocycles. The van der Waals surface area contributed by atoms with E-state index in [2.05, 4.69) is 0 Å². The van der Waals surface area contributed by atoms with Crippen molar-refractivity contribution in [1.29, 1.82) is 0 Å². The summed E-state index contributed by atoms with van der Waals surface area (Å²) in [7, 11) is 0. The minimum absolute atomic E-state index is 0.0343. The second kappa shape index (κ2) is 6.18. The van der Waals surface area contributed by atoms with Gasteiger partial charge in [-0.15, -0.1) is 0 Å². The summed E-state index contributed by atoms with van der Waals surface area (Å²) in [6.07, 6.45) is -10.1. The van der Waals surface area contributed by atoms with Crippen LogP contribution < -0.4 is 0 Å². The highest BCUT2D eigenvalue weighted by molar-refractivity contribution is 5.80. The summed E-state index contributed by atoms with van der Waals surface area (Å²) in [5.74, 6) is -3.19. The van der Waals surface area contributed by atoms with Crippen molar-refractivity contribution in [2.45, 2.75) is 18.3 Å². The molecule has 24 heavy (non-hydrogen) atoms. The van der Waals surface area contributed by atoms with E-state index >= 15 is 0 Å². The molecule has 1 atom stereocenters. The SMILES string of the molecule is O=C(O)[C@H](c1ccccc1)c1cc(C(F)(F)F)cc(C(F)(F)F)c1. The van der Waals surface area contributed by atoms with Crippen LogP contribution in [0.25, 0.3) is 0 Å². The molecular weight excluding hydrogens is 338 g/mol. The predicted molar refractivity (Wildman–Crippen MR) is 72.4 cm³/mol. The Morgan fingerprint density at radius 2 is 1.25 bits per heavy atom. The summed E-state index contributed by atoms with van der Waals surface area (Å²) in [4.78, 5) is 11.5. The summed E-state index contributed by atoms with van der Waals surface area (Å²) in [6.45, 7) is 0. The van der Waals surface area contributed by atoms with Gasteiger partial charge in [-0.3, -0.25) is 4.79 Å². The van der Waals surface area contributed by atoms with Crippen molar-refractivity contribution in [2.75, 3.05) is 0 Å². The highest BCUT2D eigenvalue weighted by Gasteiger charge is 2.38. The lowest BCUT2D eigenvalue weighted by atomic mass is 9.89. The first kappa shape index (κ1) is 17.8. The lowest BCUT2D eigenvalue weighted by Crippen LogP contribution is -2.17. The van der Waals surface area contributed by atoms with E-state index in [1.54, 1.807) is 6.07 Å². The van der Waals surface area contributed by atoms with Crippen LogP contribution in [-0.4, -0.2) is 11.1 Å². The number of benzene rings is 2. The van der Waals surface area contributed by atoms with E-state index < -0.39 is 40.9 Å². The lowest BCUT2D eigenvalue weighted by molar-refractivity contribution is -0.144. The van der Waals surface area contributed by atoms with Gasteiger partial charge in [-0.25, -0.2) is 0 Å². The van der Waals surface area contributed by atoms with Crippen LogP contribution in [0.5, 0.6) is 0 Å². The Morgan fingerprint density at radius 1 is 0.792 bits per heavy atom. The number of hydrogen-bond acceptors (Lipinski definition) is 1. The average molecular weight is 348 g/mol. The van der Waals surface area contributed by atoms with Crippen LogP contribution in [-0.2, 0) is 17.1 Å². The molecule has 0 amide bonds. The van der Waals surface area contributed by atoms with Gasteiger partial charge in [-0.1, -0.05) is 30.3 Å². The fourth-order valence-corrected chi connectivity index (χ4v) is 2.27. The van der Waals surface area contributed by atoms with Crippen LogP contribution in [0.15, 0.2) is 48.5 Å². The zero-order valence-electron chi connectivity index (χ0n) is 11.8. The molecule has 2 nitrogen and oxygen atoms in total. The van der Waals surface area contributed by atoms with E-state index in [-0.39, 0.29) is 11.6 Å². The third-order valence-corrected chi connectivity index (χ3v) is 3.32. The molecule has 2 rings (SSSR count). The molecule has 8 heteroatoms. The van der Waals surface area contributed by atoms with Crippen LogP contribution in [0.1, 0.15) is 28.2 Å². The standard InChI is InChI=1S/C16H10F6O2/c17-15(18,19)11-6-10(7-12(8-11)16(20,21)22)13(14(23)24)9-4-2-1-3-5-9/h1-8,13H,(H,23,24)/t13-/m1/s1. The second-order valence-corrected chi connectivity index (χ2v) is 5.02. The zero-order chi connectivity index (χ0) is 18.1. The lowest BCUT2D eigenvalue weighted by Gasteiger charge is -2.18. The van der Waals surface area contributed by atoms with Crippen LogP contribution in [0.3, 0.4) is 0 Å². The van der Waals surface area contributed by atoms with E-state index in [1.807, 2.05) is 0 Å². The maximum absolute atomic E-state index is 12.9. The molecule has 128 valence electrons. The van der Waals surface area contributed by atoms with Crippen LogP contribution in [0.2, 0.25) is 0 Å². The number of carboxylic acid groups (broad SMARTS) is 1. The molecule has 0 spiro atoms. The predicted octanol–water partition coefficient (Wildman–Crippen LogP) is 4.94. The molecule has 0 fully saturated rings. The third kappa shape index (κ3) is 3.87. The van der Waals surface area contributed by atoms with Gasteiger partial charge in [0, 0.05) is 0 Å². The van der Waals surface area contributed by atoms with Gasteiger partial charge in [0.2, 0.25) is 0 Å². The Balaban J connectivity index is 2.69. The summed E-state index contributed by atoms with van der Waals surface area (Å²) in [5, 5.41) is 9.31. The topological polar surface area (TPSA) is 37.3 Å². The minimum Gasteiger partial charge on any atom is -0.481 e. The van der Waals surface area contributed by atoms with E-state index in [0.717, 1.165) is 0 Å². The number of hydrogen-bond donors (Lipinski definition) is 1. The van der Waals surface area contributed by atoms with Gasteiger partial charge in [0.05, 0.1) is 11.1 Å². The van der Waals surface area contributed by atoms with Crippen molar-refractivity contribution in [3.05, 3.63) is 70.8 Å². The first-order chi connectivity index (χ1) is 11.0. The molecule has 0 aliphatic rings. The van der Waals surface area contributed by atoms with E-state index in [9.17, 15) is 36.2 Å². The van der Waals surface area contributed by atoms with Crippen LogP contribution in [0.4, 0.5) is 26.3 Å². The van der Waals surface area contributed by atoms with Crippen molar-refractivity contribution < 1.29 is 36.2 Å². The number of alkyl halides is 6. The van der Waals surface area contributed by atoms with Gasteiger partial charge >= 0.3 is 18.3 Å². The second-order valence-electron chi connectivity index (χ2n) is 5.02. The summed E-state index contributed by atoms with van der Waals surface area (Å²) >= 11 is 0. The molecular formula is C16H10F6O2. The monoisotopic (exact) mass is 348 g/mol. The van der Waals surface area contributed by atoms with Crippen molar-refractivity contribution in [3.8, 4) is 0 Å². The van der Waals surface area contributed by atoms with Gasteiger partial charge in [0.15, 0.2) is 0 Å². The van der Waals surface area contributed by atoms with Crippen LogP contribution in [0, 0.1) is 0 Å². The van der Waals surface area contributed by atoms with Gasteiger partial charge in [0.25, 0.3) is 0 Å². The van der Waals surface area contributed by atoms with Gasteiger partial charge < -0.3 is 5.11 Å². The first-order valence-electron chi connectivity index (χ1n) is 6.57. The minimum atomic E-state index is -5.03. The number of aliphatic carboxylic acids is 1. The van der Waals surface area contributed by atoms with Crippen molar-refractivity contribution in [3.63, 3.8) is 0 Å². The fraction of sp³-hybridized carbons (Fsp3) is 0.188. The average Bonchev–Trinajstić information content (AvgIpc) is 2.46. The molecule has 0 saturated carbocycles. The molecule has 0 bridgehead atoms. The van der Waals surface area contributed by atoms with Crippen LogP contribution >= 0.6 is 0 Å². The first-order valence-corrected chi connectivity index (χ1v) is 6.57. The van der Waals surface area contributed by atoms with E-state index in [4.69, 9.17) is 0 Å². The van der Waals surface area contributed by atoms with Crippen molar-refractivity contribution >= 4 is 5.97 Å². The van der Waals surface area contributed by atoms with Crippen molar-refractivity contribution in [2.24, 2.45) is 0 Å². The Kier molecular flexibility index (Phi) is 4.59. The Bertz CT molecular complexity index is 702. The number of carbonyl (C=O) groups is 1. The fourth-order valence-electron chi connectivity index (χ4n) is 2.27. The number of rotatable bonds is 3. The highest BCUT2D eigenvalue weighted by atomic mass is 19.4. The molecule has 0 aliphatic carbocycles. The summed E-state index contributed by atoms with van der Waals surface area (Å²) < 4.78 is 77.3.